The Balaban J connectivity index is 2.39. The lowest BCUT2D eigenvalue weighted by Crippen LogP contribution is -2.59. The first-order valence-electron chi connectivity index (χ1n) is 6.77. The van der Waals surface area contributed by atoms with Crippen LogP contribution in [0.25, 0.3) is 0 Å². The molecule has 0 radical (unpaired) electrons. The van der Waals surface area contributed by atoms with E-state index in [-0.39, 0.29) is 12.5 Å². The van der Waals surface area contributed by atoms with Crippen LogP contribution in [0.2, 0.25) is 0 Å². The van der Waals surface area contributed by atoms with Gasteiger partial charge in [-0.3, -0.25) is 19.7 Å². The van der Waals surface area contributed by atoms with E-state index in [1.807, 2.05) is 13.0 Å². The minimum absolute atomic E-state index is 0.125. The van der Waals surface area contributed by atoms with Gasteiger partial charge in [-0.25, -0.2) is 0 Å². The van der Waals surface area contributed by atoms with Gasteiger partial charge in [0.1, 0.15) is 18.3 Å². The summed E-state index contributed by atoms with van der Waals surface area (Å²) in [6.07, 6.45) is 0.443. The van der Waals surface area contributed by atoms with Gasteiger partial charge in [0.2, 0.25) is 11.8 Å². The molecule has 1 aliphatic rings. The van der Waals surface area contributed by atoms with Crippen molar-refractivity contribution in [3.05, 3.63) is 29.3 Å². The van der Waals surface area contributed by atoms with Crippen LogP contribution < -0.4 is 10.1 Å². The maximum Gasteiger partial charge on any atom is 0.258 e. The number of hydrogen-bond donors (Lipinski definition) is 1. The Kier molecular flexibility index (Phi) is 4.26. The van der Waals surface area contributed by atoms with Gasteiger partial charge in [-0.2, -0.15) is 0 Å². The second-order valence-corrected chi connectivity index (χ2v) is 4.97. The molecule has 1 unspecified atom stereocenters. The molecule has 1 aromatic carbocycles. The van der Waals surface area contributed by atoms with E-state index in [4.69, 9.17) is 4.74 Å². The first-order valence-corrected chi connectivity index (χ1v) is 6.77. The molecule has 6 nitrogen and oxygen atoms in total. The van der Waals surface area contributed by atoms with Crippen LogP contribution in [0.3, 0.4) is 0 Å². The monoisotopic (exact) mass is 290 g/mol. The van der Waals surface area contributed by atoms with Gasteiger partial charge in [-0.1, -0.05) is 18.6 Å². The SMILES string of the molecule is CCC1C(=O)NC(=O)CN1C(=O)c1cc(C)ccc1OC. The van der Waals surface area contributed by atoms with Gasteiger partial charge >= 0.3 is 0 Å². The number of nitrogens with zero attached hydrogens (tertiary/aromatic N) is 1. The van der Waals surface area contributed by atoms with Gasteiger partial charge in [0.05, 0.1) is 12.7 Å². The maximum absolute atomic E-state index is 12.7. The van der Waals surface area contributed by atoms with E-state index in [2.05, 4.69) is 5.32 Å². The van der Waals surface area contributed by atoms with Crippen LogP contribution in [0.5, 0.6) is 5.75 Å². The molecule has 1 aliphatic heterocycles. The third kappa shape index (κ3) is 2.89. The van der Waals surface area contributed by atoms with Crippen LogP contribution in [0.15, 0.2) is 18.2 Å². The van der Waals surface area contributed by atoms with E-state index >= 15 is 0 Å². The smallest absolute Gasteiger partial charge is 0.258 e. The molecule has 21 heavy (non-hydrogen) atoms. The minimum atomic E-state index is -0.639. The number of carbonyl (C=O) groups is 3. The molecule has 112 valence electrons. The van der Waals surface area contributed by atoms with Crippen LogP contribution in [0, 0.1) is 6.92 Å². The van der Waals surface area contributed by atoms with Crippen LogP contribution in [-0.2, 0) is 9.59 Å². The summed E-state index contributed by atoms with van der Waals surface area (Å²) in [7, 11) is 1.48. The predicted octanol–water partition coefficient (Wildman–Crippen LogP) is 0.881. The summed E-state index contributed by atoms with van der Waals surface area (Å²) in [5.74, 6) is -0.845. The molecule has 0 bridgehead atoms. The lowest BCUT2D eigenvalue weighted by Gasteiger charge is -2.33. The number of imide groups is 1. The average molecular weight is 290 g/mol. The highest BCUT2D eigenvalue weighted by molar-refractivity contribution is 6.08. The third-order valence-corrected chi connectivity index (χ3v) is 3.49. The van der Waals surface area contributed by atoms with Crippen molar-refractivity contribution in [2.45, 2.75) is 26.3 Å². The summed E-state index contributed by atoms with van der Waals surface area (Å²) in [5.41, 5.74) is 1.26. The summed E-state index contributed by atoms with van der Waals surface area (Å²) < 4.78 is 5.20. The van der Waals surface area contributed by atoms with Crippen LogP contribution in [-0.4, -0.2) is 42.3 Å². The lowest BCUT2D eigenvalue weighted by atomic mass is 10.0. The predicted molar refractivity (Wildman–Crippen MR) is 76.0 cm³/mol. The van der Waals surface area contributed by atoms with E-state index in [1.54, 1.807) is 19.1 Å². The Bertz CT molecular complexity index is 597. The Morgan fingerprint density at radius 3 is 2.76 bits per heavy atom. The molecule has 0 saturated carbocycles. The zero-order valence-corrected chi connectivity index (χ0v) is 12.3. The average Bonchev–Trinajstić information content (AvgIpc) is 2.45. The quantitative estimate of drug-likeness (QED) is 0.839. The zero-order valence-electron chi connectivity index (χ0n) is 12.3. The third-order valence-electron chi connectivity index (χ3n) is 3.49. The first kappa shape index (κ1) is 15.0. The molecule has 1 saturated heterocycles. The van der Waals surface area contributed by atoms with Gasteiger partial charge in [0.25, 0.3) is 5.91 Å². The fraction of sp³-hybridized carbons (Fsp3) is 0.400. The molecule has 1 atom stereocenters. The van der Waals surface area contributed by atoms with E-state index in [0.29, 0.717) is 17.7 Å². The number of nitrogens with one attached hydrogen (secondary N) is 1. The highest BCUT2D eigenvalue weighted by atomic mass is 16.5. The molecular weight excluding hydrogens is 272 g/mol. The summed E-state index contributed by atoms with van der Waals surface area (Å²) in [6, 6.07) is 4.60. The van der Waals surface area contributed by atoms with Crippen molar-refractivity contribution in [3.63, 3.8) is 0 Å². The van der Waals surface area contributed by atoms with Crippen molar-refractivity contribution in [1.29, 1.82) is 0 Å². The summed E-state index contributed by atoms with van der Waals surface area (Å²) in [6.45, 7) is 3.54. The maximum atomic E-state index is 12.7. The van der Waals surface area contributed by atoms with E-state index in [1.165, 1.54) is 12.0 Å². The van der Waals surface area contributed by atoms with Crippen LogP contribution in [0.1, 0.15) is 29.3 Å². The van der Waals surface area contributed by atoms with Crippen molar-refractivity contribution in [1.82, 2.24) is 10.2 Å². The molecule has 6 heteroatoms. The van der Waals surface area contributed by atoms with Gasteiger partial charge in [-0.05, 0) is 25.5 Å². The van der Waals surface area contributed by atoms with Crippen molar-refractivity contribution in [3.8, 4) is 5.75 Å². The molecule has 1 aromatic rings. The first-order chi connectivity index (χ1) is 9.97. The lowest BCUT2D eigenvalue weighted by molar-refractivity contribution is -0.138. The molecule has 0 aromatic heterocycles. The Labute approximate surface area is 123 Å². The number of aryl methyl sites for hydroxylation is 1. The number of benzene rings is 1. The van der Waals surface area contributed by atoms with Crippen LogP contribution in [0.4, 0.5) is 0 Å². The molecule has 1 heterocycles. The van der Waals surface area contributed by atoms with Gasteiger partial charge in [0.15, 0.2) is 0 Å². The fourth-order valence-electron chi connectivity index (χ4n) is 2.43. The standard InChI is InChI=1S/C15H18N2O4/c1-4-11-14(19)16-13(18)8-17(11)15(20)10-7-9(2)5-6-12(10)21-3/h5-7,11H,4,8H2,1-3H3,(H,16,18,19). The Hall–Kier alpha value is -2.37. The fourth-order valence-corrected chi connectivity index (χ4v) is 2.43. The van der Waals surface area contributed by atoms with Crippen molar-refractivity contribution in [2.24, 2.45) is 0 Å². The molecule has 3 amide bonds. The summed E-state index contributed by atoms with van der Waals surface area (Å²) in [4.78, 5) is 37.4. The van der Waals surface area contributed by atoms with Crippen LogP contribution >= 0.6 is 0 Å². The van der Waals surface area contributed by atoms with E-state index < -0.39 is 17.9 Å². The second kappa shape index (κ2) is 5.95. The minimum Gasteiger partial charge on any atom is -0.496 e. The topological polar surface area (TPSA) is 75.7 Å². The largest absolute Gasteiger partial charge is 0.496 e. The molecule has 1 N–H and O–H groups in total. The van der Waals surface area contributed by atoms with Crippen molar-refractivity contribution in [2.75, 3.05) is 13.7 Å². The van der Waals surface area contributed by atoms with Gasteiger partial charge in [0, 0.05) is 0 Å². The number of carbonyl (C=O) groups excluding carboxylic acids is 3. The molecule has 0 spiro atoms. The summed E-state index contributed by atoms with van der Waals surface area (Å²) in [5, 5.41) is 2.25. The van der Waals surface area contributed by atoms with Gasteiger partial charge in [-0.15, -0.1) is 0 Å². The Morgan fingerprint density at radius 2 is 2.14 bits per heavy atom. The number of hydrogen-bond acceptors (Lipinski definition) is 4. The number of rotatable bonds is 3. The van der Waals surface area contributed by atoms with Gasteiger partial charge < -0.3 is 9.64 Å². The van der Waals surface area contributed by atoms with Crippen molar-refractivity contribution < 1.29 is 19.1 Å². The zero-order chi connectivity index (χ0) is 15.6. The highest BCUT2D eigenvalue weighted by Crippen LogP contribution is 2.23. The number of amides is 3. The summed E-state index contributed by atoms with van der Waals surface area (Å²) >= 11 is 0. The number of piperazine rings is 1. The molecule has 2 rings (SSSR count). The number of ether oxygens (including phenoxy) is 1. The van der Waals surface area contributed by atoms with E-state index in [9.17, 15) is 14.4 Å². The second-order valence-electron chi connectivity index (χ2n) is 4.97. The normalized spacial score (nSPS) is 18.4. The highest BCUT2D eigenvalue weighted by Gasteiger charge is 2.36. The Morgan fingerprint density at radius 1 is 1.43 bits per heavy atom. The molecular formula is C15H18N2O4. The molecule has 1 fully saturated rings. The van der Waals surface area contributed by atoms with E-state index in [0.717, 1.165) is 5.56 Å². The number of methoxy groups -OCH3 is 1. The molecule has 0 aliphatic carbocycles. The van der Waals surface area contributed by atoms with Crippen molar-refractivity contribution >= 4 is 17.7 Å².